The molecule has 0 N–H and O–H groups in total. The summed E-state index contributed by atoms with van der Waals surface area (Å²) in [6.07, 6.45) is 5.38. The maximum absolute atomic E-state index is 11.0. The monoisotopic (exact) mass is 178 g/mol. The van der Waals surface area contributed by atoms with Crippen molar-refractivity contribution in [2.45, 2.75) is 27.3 Å². The molecule has 0 aromatic carbocycles. The van der Waals surface area contributed by atoms with E-state index in [4.69, 9.17) is 0 Å². The molecule has 0 spiro atoms. The van der Waals surface area contributed by atoms with Gasteiger partial charge in [0.05, 0.1) is 18.2 Å². The molecule has 0 radical (unpaired) electrons. The zero-order valence-electron chi connectivity index (χ0n) is 8.24. The molecule has 0 atom stereocenters. The highest BCUT2D eigenvalue weighted by Crippen LogP contribution is 2.06. The van der Waals surface area contributed by atoms with E-state index in [1.807, 2.05) is 24.5 Å². The maximum Gasteiger partial charge on any atom is 0.155 e. The van der Waals surface area contributed by atoms with Crippen molar-refractivity contribution in [2.75, 3.05) is 0 Å². The number of Topliss-reactive ketones (excluding diaryl/α,β-unsaturated/α-hetero) is 1. The van der Waals surface area contributed by atoms with Crippen molar-refractivity contribution in [3.63, 3.8) is 0 Å². The van der Waals surface area contributed by atoms with Gasteiger partial charge in [-0.1, -0.05) is 0 Å². The lowest BCUT2D eigenvalue weighted by atomic mass is 10.2. The Bertz CT molecular complexity index is 336. The number of aromatic nitrogens is 2. The smallest absolute Gasteiger partial charge is 0.155 e. The first-order chi connectivity index (χ1) is 6.15. The van der Waals surface area contributed by atoms with Crippen LogP contribution in [0.1, 0.15) is 26.5 Å². The lowest BCUT2D eigenvalue weighted by Gasteiger charge is -2.00. The van der Waals surface area contributed by atoms with Gasteiger partial charge in [-0.2, -0.15) is 0 Å². The zero-order chi connectivity index (χ0) is 9.84. The Morgan fingerprint density at radius 2 is 2.31 bits per heavy atom. The van der Waals surface area contributed by atoms with Crippen LogP contribution in [0.5, 0.6) is 0 Å². The summed E-state index contributed by atoms with van der Waals surface area (Å²) >= 11 is 0. The number of ketones is 1. The predicted molar refractivity (Wildman–Crippen MR) is 52.2 cm³/mol. The van der Waals surface area contributed by atoms with Crippen molar-refractivity contribution in [1.29, 1.82) is 0 Å². The highest BCUT2D eigenvalue weighted by molar-refractivity contribution is 5.96. The Kier molecular flexibility index (Phi) is 3.01. The Balaban J connectivity index is 2.96. The molecule has 0 unspecified atom stereocenters. The van der Waals surface area contributed by atoms with Gasteiger partial charge in [-0.15, -0.1) is 0 Å². The second-order valence-electron chi connectivity index (χ2n) is 2.99. The van der Waals surface area contributed by atoms with E-state index in [2.05, 4.69) is 4.98 Å². The third-order valence-corrected chi connectivity index (χ3v) is 2.00. The van der Waals surface area contributed by atoms with Crippen LogP contribution in [0.4, 0.5) is 0 Å². The highest BCUT2D eigenvalue weighted by atomic mass is 16.1. The molecule has 3 heteroatoms. The van der Waals surface area contributed by atoms with Gasteiger partial charge in [-0.05, 0) is 32.4 Å². The van der Waals surface area contributed by atoms with Crippen LogP contribution in [0, 0.1) is 0 Å². The SMILES string of the molecule is CCn1cncc1/C=C(/C)C(C)=O. The van der Waals surface area contributed by atoms with E-state index < -0.39 is 0 Å². The van der Waals surface area contributed by atoms with E-state index in [0.717, 1.165) is 17.8 Å². The average molecular weight is 178 g/mol. The molecule has 0 amide bonds. The minimum absolute atomic E-state index is 0.101. The number of imidazole rings is 1. The van der Waals surface area contributed by atoms with E-state index in [1.54, 1.807) is 19.4 Å². The van der Waals surface area contributed by atoms with Crippen LogP contribution < -0.4 is 0 Å². The van der Waals surface area contributed by atoms with Crippen LogP contribution in [-0.2, 0) is 11.3 Å². The molecule has 0 aliphatic carbocycles. The Labute approximate surface area is 78.1 Å². The molecule has 0 saturated carbocycles. The van der Waals surface area contributed by atoms with E-state index in [-0.39, 0.29) is 5.78 Å². The number of carbonyl (C=O) groups excluding carboxylic acids is 1. The molecule has 1 heterocycles. The van der Waals surface area contributed by atoms with Crippen molar-refractivity contribution in [3.05, 3.63) is 23.8 Å². The van der Waals surface area contributed by atoms with Gasteiger partial charge in [-0.3, -0.25) is 4.79 Å². The largest absolute Gasteiger partial charge is 0.331 e. The van der Waals surface area contributed by atoms with Gasteiger partial charge < -0.3 is 4.57 Å². The maximum atomic E-state index is 11.0. The van der Waals surface area contributed by atoms with Crippen molar-refractivity contribution in [2.24, 2.45) is 0 Å². The number of hydrogen-bond acceptors (Lipinski definition) is 2. The lowest BCUT2D eigenvalue weighted by molar-refractivity contribution is -0.113. The molecular weight excluding hydrogens is 164 g/mol. The number of allylic oxidation sites excluding steroid dienone is 1. The summed E-state index contributed by atoms with van der Waals surface area (Å²) in [6.45, 7) is 6.30. The normalized spacial score (nSPS) is 11.8. The van der Waals surface area contributed by atoms with Gasteiger partial charge in [0.25, 0.3) is 0 Å². The van der Waals surface area contributed by atoms with Crippen LogP contribution in [0.25, 0.3) is 6.08 Å². The van der Waals surface area contributed by atoms with Crippen molar-refractivity contribution >= 4 is 11.9 Å². The highest BCUT2D eigenvalue weighted by Gasteiger charge is 2.00. The van der Waals surface area contributed by atoms with E-state index in [0.29, 0.717) is 0 Å². The molecule has 0 saturated heterocycles. The lowest BCUT2D eigenvalue weighted by Crippen LogP contribution is -1.97. The van der Waals surface area contributed by atoms with Crippen LogP contribution in [0.2, 0.25) is 0 Å². The topological polar surface area (TPSA) is 34.9 Å². The molecule has 1 aromatic rings. The first-order valence-corrected chi connectivity index (χ1v) is 4.34. The summed E-state index contributed by atoms with van der Waals surface area (Å²) in [6, 6.07) is 0. The predicted octanol–water partition coefficient (Wildman–Crippen LogP) is 1.90. The minimum Gasteiger partial charge on any atom is -0.331 e. The molecule has 1 aromatic heterocycles. The van der Waals surface area contributed by atoms with Gasteiger partial charge >= 0.3 is 0 Å². The summed E-state index contributed by atoms with van der Waals surface area (Å²) in [4.78, 5) is 15.0. The van der Waals surface area contributed by atoms with Crippen molar-refractivity contribution in [3.8, 4) is 0 Å². The zero-order valence-corrected chi connectivity index (χ0v) is 8.24. The summed E-state index contributed by atoms with van der Waals surface area (Å²) in [5.41, 5.74) is 1.74. The van der Waals surface area contributed by atoms with Gasteiger partial charge in [0, 0.05) is 6.54 Å². The number of hydrogen-bond donors (Lipinski definition) is 0. The van der Waals surface area contributed by atoms with Crippen LogP contribution in [-0.4, -0.2) is 15.3 Å². The first kappa shape index (κ1) is 9.71. The first-order valence-electron chi connectivity index (χ1n) is 4.34. The molecular formula is C10H14N2O. The quantitative estimate of drug-likeness (QED) is 0.662. The molecule has 0 aliphatic rings. The standard InChI is InChI=1S/C10H14N2O/c1-4-12-7-11-6-10(12)5-8(2)9(3)13/h5-7H,4H2,1-3H3/b8-5-. The molecule has 70 valence electrons. The molecule has 0 fully saturated rings. The third kappa shape index (κ3) is 2.28. The molecule has 0 bridgehead atoms. The number of rotatable bonds is 3. The molecule has 1 rings (SSSR count). The Morgan fingerprint density at radius 3 is 2.85 bits per heavy atom. The number of nitrogens with zero attached hydrogens (tertiary/aromatic N) is 2. The number of carbonyl (C=O) groups is 1. The summed E-state index contributed by atoms with van der Waals surface area (Å²) in [5, 5.41) is 0. The van der Waals surface area contributed by atoms with Gasteiger partial charge in [0.1, 0.15) is 0 Å². The van der Waals surface area contributed by atoms with Gasteiger partial charge in [0.15, 0.2) is 5.78 Å². The Morgan fingerprint density at radius 1 is 1.62 bits per heavy atom. The van der Waals surface area contributed by atoms with E-state index >= 15 is 0 Å². The van der Waals surface area contributed by atoms with Gasteiger partial charge in [0.2, 0.25) is 0 Å². The average Bonchev–Trinajstić information content (AvgIpc) is 2.51. The minimum atomic E-state index is 0.101. The second-order valence-corrected chi connectivity index (χ2v) is 2.99. The summed E-state index contributed by atoms with van der Waals surface area (Å²) in [5.74, 6) is 0.101. The number of aryl methyl sites for hydroxylation is 1. The van der Waals surface area contributed by atoms with Crippen LogP contribution >= 0.6 is 0 Å². The van der Waals surface area contributed by atoms with Gasteiger partial charge in [-0.25, -0.2) is 4.98 Å². The fourth-order valence-corrected chi connectivity index (χ4v) is 1.04. The van der Waals surface area contributed by atoms with Crippen molar-refractivity contribution < 1.29 is 4.79 Å². The van der Waals surface area contributed by atoms with E-state index in [1.165, 1.54) is 0 Å². The molecule has 3 nitrogen and oxygen atoms in total. The summed E-state index contributed by atoms with van der Waals surface area (Å²) in [7, 11) is 0. The van der Waals surface area contributed by atoms with Crippen LogP contribution in [0.3, 0.4) is 0 Å². The molecule has 13 heavy (non-hydrogen) atoms. The summed E-state index contributed by atoms with van der Waals surface area (Å²) < 4.78 is 1.99. The van der Waals surface area contributed by atoms with Crippen LogP contribution in [0.15, 0.2) is 18.1 Å². The fourth-order valence-electron chi connectivity index (χ4n) is 1.04. The Hall–Kier alpha value is -1.38. The fraction of sp³-hybridized carbons (Fsp3) is 0.400. The van der Waals surface area contributed by atoms with Crippen molar-refractivity contribution in [1.82, 2.24) is 9.55 Å². The van der Waals surface area contributed by atoms with E-state index in [9.17, 15) is 4.79 Å². The third-order valence-electron chi connectivity index (χ3n) is 2.00. The second kappa shape index (κ2) is 4.03. The molecule has 0 aliphatic heterocycles.